The van der Waals surface area contributed by atoms with E-state index in [4.69, 9.17) is 17.0 Å². The maximum Gasteiger partial charge on any atom is 0.310 e. The Labute approximate surface area is 231 Å². The summed E-state index contributed by atoms with van der Waals surface area (Å²) >= 11 is 6.81. The molecule has 38 heavy (non-hydrogen) atoms. The number of nitrogens with zero attached hydrogens (tertiary/aromatic N) is 4. The van der Waals surface area contributed by atoms with Crippen molar-refractivity contribution in [2.24, 2.45) is 13.0 Å². The summed E-state index contributed by atoms with van der Waals surface area (Å²) < 4.78 is 7.15. The number of thiocarbonyl (C=S) groups is 1. The predicted molar refractivity (Wildman–Crippen MR) is 153 cm³/mol. The summed E-state index contributed by atoms with van der Waals surface area (Å²) in [7, 11) is 1.62. The van der Waals surface area contributed by atoms with Crippen LogP contribution in [0, 0.1) is 24.2 Å². The van der Waals surface area contributed by atoms with Crippen molar-refractivity contribution < 1.29 is 14.3 Å². The van der Waals surface area contributed by atoms with Crippen LogP contribution in [0.1, 0.15) is 55.0 Å². The molecule has 2 aliphatic heterocycles. The lowest BCUT2D eigenvalue weighted by Crippen LogP contribution is -2.42. The number of piperidine rings is 1. The molecule has 8 nitrogen and oxygen atoms in total. The first-order valence-electron chi connectivity index (χ1n) is 12.6. The number of carbonyl (C=O) groups is 2. The smallest absolute Gasteiger partial charge is 0.310 e. The molecule has 4 rings (SSSR count). The quantitative estimate of drug-likeness (QED) is 0.298. The highest BCUT2D eigenvalue weighted by Crippen LogP contribution is 2.40. The van der Waals surface area contributed by atoms with Crippen LogP contribution in [0.5, 0.6) is 0 Å². The molecule has 2 saturated heterocycles. The largest absolute Gasteiger partial charge is 0.466 e. The third-order valence-corrected chi connectivity index (χ3v) is 8.41. The van der Waals surface area contributed by atoms with E-state index in [1.165, 1.54) is 16.3 Å². The van der Waals surface area contributed by atoms with Gasteiger partial charge >= 0.3 is 5.97 Å². The van der Waals surface area contributed by atoms with Gasteiger partial charge in [0.05, 0.1) is 23.5 Å². The van der Waals surface area contributed by atoms with Crippen molar-refractivity contribution in [1.29, 1.82) is 5.26 Å². The number of hydrogen-bond donors (Lipinski definition) is 0. The van der Waals surface area contributed by atoms with Gasteiger partial charge in [0, 0.05) is 25.7 Å². The summed E-state index contributed by atoms with van der Waals surface area (Å²) in [5, 5.41) is 9.76. The van der Waals surface area contributed by atoms with Crippen LogP contribution in [0.15, 0.2) is 40.0 Å². The number of pyridine rings is 1. The zero-order chi connectivity index (χ0) is 27.6. The standard InChI is InChI=1S/C28H30N4O4S2/c1-5-36-27(35)20-12-9-13-31(16-20)24-21(17(2)22(15-29)25(33)30(24)4)14-23-26(34)32(28(37)38-23)18(3)19-10-7-6-8-11-19/h6-8,10-11,14,18,20H,5,9,12-13,16H2,1-4H3/b23-14+. The number of carbonyl (C=O) groups excluding carboxylic acids is 2. The number of aromatic nitrogens is 1. The van der Waals surface area contributed by atoms with Crippen molar-refractivity contribution in [3.8, 4) is 6.07 Å². The van der Waals surface area contributed by atoms with E-state index in [1.54, 1.807) is 31.9 Å². The Morgan fingerprint density at radius 3 is 2.68 bits per heavy atom. The van der Waals surface area contributed by atoms with Crippen LogP contribution in [-0.2, 0) is 21.4 Å². The van der Waals surface area contributed by atoms with Gasteiger partial charge in [-0.1, -0.05) is 54.3 Å². The van der Waals surface area contributed by atoms with Crippen molar-refractivity contribution in [2.45, 2.75) is 39.7 Å². The lowest BCUT2D eigenvalue weighted by atomic mass is 9.96. The summed E-state index contributed by atoms with van der Waals surface area (Å²) in [6.07, 6.45) is 3.17. The van der Waals surface area contributed by atoms with E-state index in [9.17, 15) is 19.6 Å². The van der Waals surface area contributed by atoms with E-state index >= 15 is 0 Å². The number of nitriles is 1. The van der Waals surface area contributed by atoms with Crippen molar-refractivity contribution in [1.82, 2.24) is 9.47 Å². The average molecular weight is 551 g/mol. The zero-order valence-electron chi connectivity index (χ0n) is 21.9. The van der Waals surface area contributed by atoms with Gasteiger partial charge in [-0.3, -0.25) is 23.9 Å². The first-order chi connectivity index (χ1) is 18.2. The molecule has 0 radical (unpaired) electrons. The van der Waals surface area contributed by atoms with Crippen molar-refractivity contribution in [3.63, 3.8) is 0 Å². The van der Waals surface area contributed by atoms with E-state index in [1.807, 2.05) is 48.2 Å². The van der Waals surface area contributed by atoms with Crippen LogP contribution in [0.25, 0.3) is 6.08 Å². The molecule has 198 valence electrons. The molecule has 0 bridgehead atoms. The second kappa shape index (κ2) is 11.5. The van der Waals surface area contributed by atoms with E-state index in [0.717, 1.165) is 12.0 Å². The summed E-state index contributed by atoms with van der Waals surface area (Å²) in [4.78, 5) is 43.2. The lowest BCUT2D eigenvalue weighted by molar-refractivity contribution is -0.148. The second-order valence-corrected chi connectivity index (χ2v) is 11.1. The van der Waals surface area contributed by atoms with Crippen molar-refractivity contribution in [2.75, 3.05) is 24.6 Å². The first-order valence-corrected chi connectivity index (χ1v) is 13.8. The van der Waals surface area contributed by atoms with Crippen LogP contribution in [-0.4, -0.2) is 45.4 Å². The molecule has 2 aromatic rings. The molecule has 2 fully saturated rings. The highest BCUT2D eigenvalue weighted by Gasteiger charge is 2.37. The van der Waals surface area contributed by atoms with Crippen LogP contribution in [0.4, 0.5) is 5.82 Å². The summed E-state index contributed by atoms with van der Waals surface area (Å²) in [5.74, 6) is -0.239. The Morgan fingerprint density at radius 2 is 2.03 bits per heavy atom. The molecule has 2 unspecified atom stereocenters. The molecule has 0 spiro atoms. The number of benzene rings is 1. The number of esters is 1. The predicted octanol–water partition coefficient (Wildman–Crippen LogP) is 4.31. The molecule has 10 heteroatoms. The number of ether oxygens (including phenoxy) is 1. The average Bonchev–Trinajstić information content (AvgIpc) is 3.20. The molecule has 0 N–H and O–H groups in total. The fourth-order valence-corrected chi connectivity index (χ4v) is 6.44. The number of anilines is 1. The SMILES string of the molecule is CCOC(=O)C1CCCN(c2c(/C=C3/SC(=S)N(C(C)c4ccccc4)C3=O)c(C)c(C#N)c(=O)n2C)C1. The highest BCUT2D eigenvalue weighted by atomic mass is 32.2. The highest BCUT2D eigenvalue weighted by molar-refractivity contribution is 8.26. The Kier molecular flexibility index (Phi) is 8.38. The van der Waals surface area contributed by atoms with Gasteiger partial charge in [-0.2, -0.15) is 5.26 Å². The summed E-state index contributed by atoms with van der Waals surface area (Å²) in [5.41, 5.74) is 1.66. The van der Waals surface area contributed by atoms with Crippen LogP contribution >= 0.6 is 24.0 Å². The summed E-state index contributed by atoms with van der Waals surface area (Å²) in [6.45, 7) is 6.74. The van der Waals surface area contributed by atoms with Crippen LogP contribution in [0.2, 0.25) is 0 Å². The van der Waals surface area contributed by atoms with E-state index < -0.39 is 5.56 Å². The monoisotopic (exact) mass is 550 g/mol. The zero-order valence-corrected chi connectivity index (χ0v) is 23.5. The Morgan fingerprint density at radius 1 is 1.32 bits per heavy atom. The minimum atomic E-state index is -0.416. The fourth-order valence-electron chi connectivity index (χ4n) is 5.04. The number of amides is 1. The Balaban J connectivity index is 1.78. The molecule has 1 aromatic heterocycles. The van der Waals surface area contributed by atoms with Gasteiger partial charge in [-0.15, -0.1) is 0 Å². The van der Waals surface area contributed by atoms with Crippen LogP contribution in [0.3, 0.4) is 0 Å². The van der Waals surface area contributed by atoms with Gasteiger partial charge < -0.3 is 9.64 Å². The molecular formula is C28H30N4O4S2. The molecule has 0 aliphatic carbocycles. The van der Waals surface area contributed by atoms with Gasteiger partial charge in [-0.25, -0.2) is 0 Å². The van der Waals surface area contributed by atoms with E-state index in [0.29, 0.717) is 52.3 Å². The summed E-state index contributed by atoms with van der Waals surface area (Å²) in [6, 6.07) is 11.5. The molecule has 1 aromatic carbocycles. The van der Waals surface area contributed by atoms with Crippen molar-refractivity contribution >= 4 is 52.1 Å². The molecule has 0 saturated carbocycles. The molecule has 2 atom stereocenters. The topological polar surface area (TPSA) is 95.6 Å². The van der Waals surface area contributed by atoms with Gasteiger partial charge in [0.25, 0.3) is 11.5 Å². The minimum Gasteiger partial charge on any atom is -0.466 e. The third-order valence-electron chi connectivity index (χ3n) is 7.08. The molecule has 3 heterocycles. The maximum atomic E-state index is 13.6. The molecular weight excluding hydrogens is 520 g/mol. The van der Waals surface area contributed by atoms with Crippen LogP contribution < -0.4 is 10.5 Å². The molecule has 1 amide bonds. The van der Waals surface area contributed by atoms with Gasteiger partial charge in [0.1, 0.15) is 21.8 Å². The first kappa shape index (κ1) is 27.6. The Hall–Kier alpha value is -3.42. The fraction of sp³-hybridized carbons (Fsp3) is 0.393. The lowest BCUT2D eigenvalue weighted by Gasteiger charge is -2.35. The maximum absolute atomic E-state index is 13.6. The number of thioether (sulfide) groups is 1. The molecule has 2 aliphatic rings. The van der Waals surface area contributed by atoms with Crippen molar-refractivity contribution in [3.05, 3.63) is 67.8 Å². The normalized spacial score (nSPS) is 19.6. The van der Waals surface area contributed by atoms with Gasteiger partial charge in [-0.05, 0) is 50.8 Å². The Bertz CT molecular complexity index is 1410. The van der Waals surface area contributed by atoms with Gasteiger partial charge in [0.2, 0.25) is 0 Å². The van der Waals surface area contributed by atoms with E-state index in [2.05, 4.69) is 0 Å². The van der Waals surface area contributed by atoms with Gasteiger partial charge in [0.15, 0.2) is 0 Å². The van der Waals surface area contributed by atoms with E-state index in [-0.39, 0.29) is 29.4 Å². The second-order valence-electron chi connectivity index (χ2n) is 9.39. The number of hydrogen-bond acceptors (Lipinski definition) is 8. The number of rotatable bonds is 6. The minimum absolute atomic E-state index is 0.0228. The third kappa shape index (κ3) is 5.13.